The van der Waals surface area contributed by atoms with Crippen molar-refractivity contribution in [3.8, 4) is 11.8 Å². The lowest BCUT2D eigenvalue weighted by Gasteiger charge is -2.25. The van der Waals surface area contributed by atoms with Crippen LogP contribution >= 0.6 is 38.9 Å². The van der Waals surface area contributed by atoms with Crippen molar-refractivity contribution >= 4 is 50.9 Å². The molecule has 7 nitrogen and oxygen atoms in total. The number of benzene rings is 3. The molecule has 4 aromatic rings. The highest BCUT2D eigenvalue weighted by Gasteiger charge is 2.34. The van der Waals surface area contributed by atoms with Gasteiger partial charge in [0.2, 0.25) is 0 Å². The minimum Gasteiger partial charge on any atom is -0.488 e. The maximum Gasteiger partial charge on any atom is 0.338 e. The van der Waals surface area contributed by atoms with Crippen molar-refractivity contribution in [1.29, 1.82) is 5.26 Å². The molecule has 10 heteroatoms. The highest BCUT2D eigenvalue weighted by molar-refractivity contribution is 9.10. The number of nitriles is 1. The standard InChI is InChI=1S/C31H23BrClN3O4S/c1-3-39-30(38)27-18(2)35-31-36(28(27)23-10-6-7-11-24(23)33)29(37)26(41-31)15-21-14-22(32)12-13-25(21)40-17-20-9-5-4-8-19(20)16-34/h4-15,28H,3,17H2,1-2H3/b26-15-/t28-/m1/s1. The van der Waals surface area contributed by atoms with E-state index in [1.807, 2.05) is 30.3 Å². The van der Waals surface area contributed by atoms with Gasteiger partial charge in [-0.2, -0.15) is 5.26 Å². The fraction of sp³-hybridized carbons (Fsp3) is 0.161. The van der Waals surface area contributed by atoms with E-state index >= 15 is 0 Å². The van der Waals surface area contributed by atoms with Crippen molar-refractivity contribution in [1.82, 2.24) is 4.57 Å². The van der Waals surface area contributed by atoms with Gasteiger partial charge in [0.15, 0.2) is 4.80 Å². The molecule has 0 radical (unpaired) electrons. The van der Waals surface area contributed by atoms with Gasteiger partial charge in [-0.3, -0.25) is 9.36 Å². The Labute approximate surface area is 253 Å². The molecular weight excluding hydrogens is 626 g/mol. The van der Waals surface area contributed by atoms with Crippen LogP contribution in [-0.2, 0) is 16.1 Å². The topological polar surface area (TPSA) is 93.7 Å². The van der Waals surface area contributed by atoms with Gasteiger partial charge in [0.25, 0.3) is 5.56 Å². The number of ether oxygens (including phenoxy) is 2. The van der Waals surface area contributed by atoms with Crippen LogP contribution in [0.1, 0.15) is 42.1 Å². The average molecular weight is 649 g/mol. The Balaban J connectivity index is 1.63. The number of carbonyl (C=O) groups excluding carboxylic acids is 1. The SMILES string of the molecule is CCOC(=O)C1=C(C)N=c2s/c(=C\c3cc(Br)ccc3OCc3ccccc3C#N)c(=O)n2[C@@H]1c1ccccc1Cl. The summed E-state index contributed by atoms with van der Waals surface area (Å²) in [6.07, 6.45) is 1.74. The van der Waals surface area contributed by atoms with Crippen molar-refractivity contribution in [2.45, 2.75) is 26.5 Å². The van der Waals surface area contributed by atoms with Crippen LogP contribution in [0.15, 0.2) is 92.3 Å². The first-order valence-corrected chi connectivity index (χ1v) is 14.7. The van der Waals surface area contributed by atoms with E-state index in [0.717, 1.165) is 10.0 Å². The summed E-state index contributed by atoms with van der Waals surface area (Å²) in [7, 11) is 0. The Hall–Kier alpha value is -3.97. The molecule has 0 spiro atoms. The molecule has 1 aliphatic rings. The van der Waals surface area contributed by atoms with Crippen molar-refractivity contribution in [3.05, 3.63) is 129 Å². The zero-order valence-corrected chi connectivity index (χ0v) is 25.2. The number of allylic oxidation sites excluding steroid dienone is 1. The van der Waals surface area contributed by atoms with Gasteiger partial charge in [-0.15, -0.1) is 0 Å². The number of halogens is 2. The maximum absolute atomic E-state index is 14.0. The van der Waals surface area contributed by atoms with Gasteiger partial charge < -0.3 is 9.47 Å². The first-order valence-electron chi connectivity index (χ1n) is 12.7. The second-order valence-corrected chi connectivity index (χ2v) is 11.4. The summed E-state index contributed by atoms with van der Waals surface area (Å²) in [5.41, 5.74) is 2.95. The third kappa shape index (κ3) is 5.77. The highest BCUT2D eigenvalue weighted by Crippen LogP contribution is 2.34. The number of fused-ring (bicyclic) bond motifs is 1. The maximum atomic E-state index is 14.0. The summed E-state index contributed by atoms with van der Waals surface area (Å²) < 4.78 is 14.2. The quantitative estimate of drug-likeness (QED) is 0.241. The van der Waals surface area contributed by atoms with Crippen LogP contribution in [0.5, 0.6) is 5.75 Å². The number of hydrogen-bond acceptors (Lipinski definition) is 7. The van der Waals surface area contributed by atoms with Crippen molar-refractivity contribution in [2.75, 3.05) is 6.61 Å². The Kier molecular flexibility index (Phi) is 8.54. The molecule has 1 atom stereocenters. The van der Waals surface area contributed by atoms with Crippen LogP contribution in [-0.4, -0.2) is 17.1 Å². The lowest BCUT2D eigenvalue weighted by atomic mass is 9.96. The Morgan fingerprint density at radius 3 is 2.71 bits per heavy atom. The number of nitrogens with zero attached hydrogens (tertiary/aromatic N) is 3. The molecule has 0 fully saturated rings. The Bertz CT molecular complexity index is 1920. The number of thiazole rings is 1. The molecular formula is C31H23BrClN3O4S. The molecule has 0 aliphatic carbocycles. The van der Waals surface area contributed by atoms with Crippen LogP contribution in [0.2, 0.25) is 5.02 Å². The van der Waals surface area contributed by atoms with Gasteiger partial charge in [-0.25, -0.2) is 9.79 Å². The Morgan fingerprint density at radius 2 is 1.95 bits per heavy atom. The predicted molar refractivity (Wildman–Crippen MR) is 161 cm³/mol. The van der Waals surface area contributed by atoms with E-state index in [2.05, 4.69) is 27.0 Å². The first-order chi connectivity index (χ1) is 19.8. The largest absolute Gasteiger partial charge is 0.488 e. The van der Waals surface area contributed by atoms with E-state index in [-0.39, 0.29) is 24.3 Å². The second kappa shape index (κ2) is 12.3. The predicted octanol–water partition coefficient (Wildman–Crippen LogP) is 5.66. The number of aromatic nitrogens is 1. The van der Waals surface area contributed by atoms with E-state index in [1.165, 1.54) is 15.9 Å². The van der Waals surface area contributed by atoms with Gasteiger partial charge in [0.1, 0.15) is 18.4 Å². The smallest absolute Gasteiger partial charge is 0.338 e. The van der Waals surface area contributed by atoms with Gasteiger partial charge in [0.05, 0.1) is 34.0 Å². The lowest BCUT2D eigenvalue weighted by molar-refractivity contribution is -0.139. The molecule has 0 amide bonds. The zero-order chi connectivity index (χ0) is 29.1. The molecule has 1 aromatic heterocycles. The third-order valence-electron chi connectivity index (χ3n) is 6.50. The van der Waals surface area contributed by atoms with Crippen LogP contribution in [0.25, 0.3) is 6.08 Å². The molecule has 0 bridgehead atoms. The van der Waals surface area contributed by atoms with Crippen LogP contribution < -0.4 is 19.6 Å². The highest BCUT2D eigenvalue weighted by atomic mass is 79.9. The summed E-state index contributed by atoms with van der Waals surface area (Å²) in [6, 6.07) is 21.2. The molecule has 0 N–H and O–H groups in total. The summed E-state index contributed by atoms with van der Waals surface area (Å²) in [6.45, 7) is 3.82. The van der Waals surface area contributed by atoms with Gasteiger partial charge in [-0.05, 0) is 55.8 Å². The van der Waals surface area contributed by atoms with E-state index in [4.69, 9.17) is 21.1 Å². The van der Waals surface area contributed by atoms with Gasteiger partial charge in [0, 0.05) is 20.6 Å². The van der Waals surface area contributed by atoms with Crippen molar-refractivity contribution < 1.29 is 14.3 Å². The van der Waals surface area contributed by atoms with Crippen LogP contribution in [0.4, 0.5) is 0 Å². The molecule has 1 aliphatic heterocycles. The van der Waals surface area contributed by atoms with E-state index in [0.29, 0.717) is 42.5 Å². The number of rotatable bonds is 7. The number of esters is 1. The fourth-order valence-corrected chi connectivity index (χ4v) is 6.25. The molecule has 206 valence electrons. The van der Waals surface area contributed by atoms with Gasteiger partial charge in [-0.1, -0.05) is 75.3 Å². The number of carbonyl (C=O) groups is 1. The Morgan fingerprint density at radius 1 is 1.20 bits per heavy atom. The van der Waals surface area contributed by atoms with Crippen LogP contribution in [0, 0.1) is 11.3 Å². The molecule has 0 unspecified atom stereocenters. The molecule has 2 heterocycles. The normalized spacial score (nSPS) is 14.7. The monoisotopic (exact) mass is 647 g/mol. The fourth-order valence-electron chi connectivity index (χ4n) is 4.60. The average Bonchev–Trinajstić information content (AvgIpc) is 3.26. The van der Waals surface area contributed by atoms with Crippen molar-refractivity contribution in [3.63, 3.8) is 0 Å². The summed E-state index contributed by atoms with van der Waals surface area (Å²) >= 11 is 11.3. The molecule has 0 saturated heterocycles. The minimum absolute atomic E-state index is 0.180. The van der Waals surface area contributed by atoms with Crippen molar-refractivity contribution in [2.24, 2.45) is 4.99 Å². The molecule has 41 heavy (non-hydrogen) atoms. The van der Waals surface area contributed by atoms with Crippen LogP contribution in [0.3, 0.4) is 0 Å². The lowest BCUT2D eigenvalue weighted by Crippen LogP contribution is -2.40. The minimum atomic E-state index is -0.804. The second-order valence-electron chi connectivity index (χ2n) is 9.06. The zero-order valence-electron chi connectivity index (χ0n) is 22.1. The van der Waals surface area contributed by atoms with Gasteiger partial charge >= 0.3 is 5.97 Å². The molecule has 3 aromatic carbocycles. The van der Waals surface area contributed by atoms with E-state index < -0.39 is 12.0 Å². The summed E-state index contributed by atoms with van der Waals surface area (Å²) in [4.78, 5) is 32.1. The first kappa shape index (κ1) is 28.6. The molecule has 0 saturated carbocycles. The molecule has 5 rings (SSSR count). The third-order valence-corrected chi connectivity index (χ3v) is 8.32. The summed E-state index contributed by atoms with van der Waals surface area (Å²) in [5, 5.41) is 9.85. The summed E-state index contributed by atoms with van der Waals surface area (Å²) in [5.74, 6) is -0.00824. The number of hydrogen-bond donors (Lipinski definition) is 0. The van der Waals surface area contributed by atoms with E-state index in [1.54, 1.807) is 56.3 Å². The van der Waals surface area contributed by atoms with E-state index in [9.17, 15) is 14.9 Å².